The smallest absolute Gasteiger partial charge is 0.338 e. The molecule has 0 unspecified atom stereocenters. The largest absolute Gasteiger partial charge is 0.469 e. The van der Waals surface area contributed by atoms with Gasteiger partial charge < -0.3 is 19.3 Å². The molecule has 2 aliphatic heterocycles. The molecule has 2 aliphatic rings. The molecule has 0 bridgehead atoms. The second-order valence-electron chi connectivity index (χ2n) is 7.37. The summed E-state index contributed by atoms with van der Waals surface area (Å²) in [7, 11) is 1.36. The van der Waals surface area contributed by atoms with E-state index in [1.165, 1.54) is 7.11 Å². The summed E-state index contributed by atoms with van der Waals surface area (Å²) in [6.45, 7) is 1.74. The molecule has 0 aliphatic carbocycles. The minimum absolute atomic E-state index is 0.125. The molecular weight excluding hydrogens is 376 g/mol. The van der Waals surface area contributed by atoms with E-state index in [-0.39, 0.29) is 30.3 Å². The Bertz CT molecular complexity index is 785. The van der Waals surface area contributed by atoms with Gasteiger partial charge in [-0.05, 0) is 37.0 Å². The highest BCUT2D eigenvalue weighted by molar-refractivity contribution is 5.91. The van der Waals surface area contributed by atoms with Crippen molar-refractivity contribution in [2.45, 2.75) is 32.2 Å². The summed E-state index contributed by atoms with van der Waals surface area (Å²) in [4.78, 5) is 51.3. The maximum Gasteiger partial charge on any atom is 0.338 e. The molecule has 3 rings (SSSR count). The minimum atomic E-state index is -0.572. The Hall–Kier alpha value is -2.90. The van der Waals surface area contributed by atoms with E-state index in [0.29, 0.717) is 44.5 Å². The maximum absolute atomic E-state index is 12.3. The van der Waals surface area contributed by atoms with Crippen LogP contribution in [0.5, 0.6) is 0 Å². The van der Waals surface area contributed by atoms with E-state index in [1.54, 1.807) is 28.0 Å². The van der Waals surface area contributed by atoms with Crippen LogP contribution in [-0.4, -0.2) is 66.9 Å². The number of likely N-dealkylation sites (tertiary alicyclic amines) is 2. The topological polar surface area (TPSA) is 93.2 Å². The third kappa shape index (κ3) is 5.34. The van der Waals surface area contributed by atoms with E-state index >= 15 is 0 Å². The summed E-state index contributed by atoms with van der Waals surface area (Å²) >= 11 is 0. The Kier molecular flexibility index (Phi) is 6.85. The molecule has 1 aromatic carbocycles. The van der Waals surface area contributed by atoms with Crippen molar-refractivity contribution in [2.75, 3.05) is 33.4 Å². The molecule has 0 radical (unpaired) electrons. The molecule has 1 aromatic rings. The normalized spacial score (nSPS) is 17.3. The van der Waals surface area contributed by atoms with Gasteiger partial charge in [-0.2, -0.15) is 0 Å². The van der Waals surface area contributed by atoms with Gasteiger partial charge in [-0.15, -0.1) is 0 Å². The van der Waals surface area contributed by atoms with Gasteiger partial charge in [0.05, 0.1) is 18.6 Å². The molecule has 8 heteroatoms. The highest BCUT2D eigenvalue weighted by Crippen LogP contribution is 2.19. The monoisotopic (exact) mass is 402 g/mol. The van der Waals surface area contributed by atoms with Gasteiger partial charge in [0, 0.05) is 32.6 Å². The molecule has 0 atom stereocenters. The second kappa shape index (κ2) is 9.54. The number of methoxy groups -OCH3 is 1. The minimum Gasteiger partial charge on any atom is -0.469 e. The molecule has 156 valence electrons. The van der Waals surface area contributed by atoms with Crippen molar-refractivity contribution in [1.29, 1.82) is 0 Å². The van der Waals surface area contributed by atoms with Gasteiger partial charge in [0.1, 0.15) is 0 Å². The molecular formula is C21H26N2O6. The Morgan fingerprint density at radius 2 is 1.90 bits per heavy atom. The number of hydrogen-bond acceptors (Lipinski definition) is 6. The molecule has 2 amide bonds. The van der Waals surface area contributed by atoms with Crippen LogP contribution in [0.4, 0.5) is 0 Å². The second-order valence-corrected chi connectivity index (χ2v) is 7.37. The van der Waals surface area contributed by atoms with E-state index in [9.17, 15) is 19.2 Å². The van der Waals surface area contributed by atoms with Gasteiger partial charge in [0.25, 0.3) is 5.91 Å². The van der Waals surface area contributed by atoms with Crippen molar-refractivity contribution in [3.05, 3.63) is 35.4 Å². The fourth-order valence-corrected chi connectivity index (χ4v) is 3.72. The highest BCUT2D eigenvalue weighted by Gasteiger charge is 2.28. The molecule has 2 saturated heterocycles. The van der Waals surface area contributed by atoms with Gasteiger partial charge in [-0.25, -0.2) is 4.79 Å². The van der Waals surface area contributed by atoms with Gasteiger partial charge in [-0.1, -0.05) is 12.1 Å². The summed E-state index contributed by atoms with van der Waals surface area (Å²) < 4.78 is 9.92. The van der Waals surface area contributed by atoms with E-state index in [4.69, 9.17) is 9.47 Å². The summed E-state index contributed by atoms with van der Waals surface area (Å²) in [5, 5.41) is 0. The molecule has 8 nitrogen and oxygen atoms in total. The zero-order chi connectivity index (χ0) is 20.8. The lowest BCUT2D eigenvalue weighted by Crippen LogP contribution is -2.42. The number of esters is 2. The molecule has 0 aromatic heterocycles. The quantitative estimate of drug-likeness (QED) is 0.668. The van der Waals surface area contributed by atoms with Crippen LogP contribution < -0.4 is 0 Å². The standard InChI is InChI=1S/C21H26N2O6/c1-28-20(26)16-7-10-22(11-8-16)19(25)14-29-21(27)17-5-2-4-15(12-17)13-23-9-3-6-18(23)24/h2,4-5,12,16H,3,6-11,13-14H2,1H3. The van der Waals surface area contributed by atoms with Crippen LogP contribution in [0.25, 0.3) is 0 Å². The van der Waals surface area contributed by atoms with Crippen molar-refractivity contribution < 1.29 is 28.7 Å². The van der Waals surface area contributed by atoms with Crippen molar-refractivity contribution in [1.82, 2.24) is 9.80 Å². The molecule has 2 heterocycles. The number of rotatable bonds is 6. The number of carbonyl (C=O) groups excluding carboxylic acids is 4. The number of ether oxygens (including phenoxy) is 2. The fraction of sp³-hybridized carbons (Fsp3) is 0.524. The first-order valence-electron chi connectivity index (χ1n) is 9.87. The number of amides is 2. The lowest BCUT2D eigenvalue weighted by molar-refractivity contribution is -0.149. The number of nitrogens with zero attached hydrogens (tertiary/aromatic N) is 2. The third-order valence-electron chi connectivity index (χ3n) is 5.42. The molecule has 0 saturated carbocycles. The Balaban J connectivity index is 1.48. The van der Waals surface area contributed by atoms with E-state index < -0.39 is 5.97 Å². The van der Waals surface area contributed by atoms with Gasteiger partial charge in [0.15, 0.2) is 6.61 Å². The summed E-state index contributed by atoms with van der Waals surface area (Å²) in [6, 6.07) is 6.93. The maximum atomic E-state index is 12.3. The zero-order valence-electron chi connectivity index (χ0n) is 16.6. The van der Waals surface area contributed by atoms with Gasteiger partial charge in [-0.3, -0.25) is 14.4 Å². The Morgan fingerprint density at radius 1 is 1.14 bits per heavy atom. The van der Waals surface area contributed by atoms with Crippen LogP contribution in [0.3, 0.4) is 0 Å². The van der Waals surface area contributed by atoms with Crippen molar-refractivity contribution in [3.63, 3.8) is 0 Å². The van der Waals surface area contributed by atoms with E-state index in [2.05, 4.69) is 0 Å². The van der Waals surface area contributed by atoms with Crippen LogP contribution >= 0.6 is 0 Å². The van der Waals surface area contributed by atoms with Crippen LogP contribution in [0.15, 0.2) is 24.3 Å². The number of hydrogen-bond donors (Lipinski definition) is 0. The SMILES string of the molecule is COC(=O)C1CCN(C(=O)COC(=O)c2cccc(CN3CCCC3=O)c2)CC1. The molecule has 2 fully saturated rings. The number of piperidine rings is 1. The third-order valence-corrected chi connectivity index (χ3v) is 5.42. The molecule has 29 heavy (non-hydrogen) atoms. The predicted octanol–water partition coefficient (Wildman–Crippen LogP) is 1.38. The van der Waals surface area contributed by atoms with E-state index in [0.717, 1.165) is 18.5 Å². The first-order chi connectivity index (χ1) is 14.0. The lowest BCUT2D eigenvalue weighted by atomic mass is 9.97. The van der Waals surface area contributed by atoms with Crippen molar-refractivity contribution >= 4 is 23.8 Å². The van der Waals surface area contributed by atoms with Crippen molar-refractivity contribution in [3.8, 4) is 0 Å². The number of benzene rings is 1. The summed E-state index contributed by atoms with van der Waals surface area (Å²) in [5.74, 6) is -1.16. The summed E-state index contributed by atoms with van der Waals surface area (Å²) in [5.41, 5.74) is 1.21. The average Bonchev–Trinajstić information content (AvgIpc) is 3.15. The van der Waals surface area contributed by atoms with Gasteiger partial charge >= 0.3 is 11.9 Å². The van der Waals surface area contributed by atoms with Crippen LogP contribution in [-0.2, 0) is 30.4 Å². The Labute approximate surface area is 169 Å². The lowest BCUT2D eigenvalue weighted by Gasteiger charge is -2.30. The van der Waals surface area contributed by atoms with Crippen LogP contribution in [0, 0.1) is 5.92 Å². The highest BCUT2D eigenvalue weighted by atomic mass is 16.5. The van der Waals surface area contributed by atoms with Crippen molar-refractivity contribution in [2.24, 2.45) is 5.92 Å². The Morgan fingerprint density at radius 3 is 2.55 bits per heavy atom. The predicted molar refractivity (Wildman–Crippen MR) is 103 cm³/mol. The van der Waals surface area contributed by atoms with Crippen LogP contribution in [0.2, 0.25) is 0 Å². The zero-order valence-corrected chi connectivity index (χ0v) is 16.6. The number of carbonyl (C=O) groups is 4. The molecule has 0 N–H and O–H groups in total. The van der Waals surface area contributed by atoms with E-state index in [1.807, 2.05) is 6.07 Å². The fourth-order valence-electron chi connectivity index (χ4n) is 3.72. The van der Waals surface area contributed by atoms with Gasteiger partial charge in [0.2, 0.25) is 5.91 Å². The van der Waals surface area contributed by atoms with Crippen LogP contribution in [0.1, 0.15) is 41.6 Å². The molecule has 0 spiro atoms. The first-order valence-corrected chi connectivity index (χ1v) is 9.87. The summed E-state index contributed by atoms with van der Waals surface area (Å²) in [6.07, 6.45) is 2.52. The first kappa shape index (κ1) is 20.8. The average molecular weight is 402 g/mol.